The lowest BCUT2D eigenvalue weighted by Gasteiger charge is -2.29. The molecule has 6 heteroatoms. The Hall–Kier alpha value is -1.40. The molecule has 1 saturated heterocycles. The van der Waals surface area contributed by atoms with Crippen molar-refractivity contribution < 1.29 is 13.2 Å². The molecule has 0 bridgehead atoms. The molecule has 114 valence electrons. The van der Waals surface area contributed by atoms with E-state index in [1.165, 1.54) is 11.1 Å². The van der Waals surface area contributed by atoms with E-state index in [0.29, 0.717) is 19.4 Å². The second kappa shape index (κ2) is 5.77. The molecule has 1 aromatic rings. The normalized spacial score (nSPS) is 27.6. The quantitative estimate of drug-likeness (QED) is 0.829. The van der Waals surface area contributed by atoms with Crippen molar-refractivity contribution in [3.63, 3.8) is 0 Å². The summed E-state index contributed by atoms with van der Waals surface area (Å²) in [5.41, 5.74) is 2.41. The van der Waals surface area contributed by atoms with Gasteiger partial charge in [0.05, 0.1) is 17.5 Å². The Morgan fingerprint density at radius 2 is 2.00 bits per heavy atom. The Labute approximate surface area is 125 Å². The highest BCUT2D eigenvalue weighted by Gasteiger charge is 2.29. The standard InChI is InChI=1S/C15H20N2O3S/c18-15(17-13-6-3-7-21(19,20)10-13)14-8-11-4-1-2-5-12(11)9-16-14/h1-2,4-5,13-14,16H,3,6-10H2,(H,17,18). The third-order valence-electron chi connectivity index (χ3n) is 4.21. The summed E-state index contributed by atoms with van der Waals surface area (Å²) in [5, 5.41) is 6.12. The first-order valence-corrected chi connectivity index (χ1v) is 9.16. The average molecular weight is 308 g/mol. The summed E-state index contributed by atoms with van der Waals surface area (Å²) in [6.07, 6.45) is 2.03. The lowest BCUT2D eigenvalue weighted by molar-refractivity contribution is -0.123. The van der Waals surface area contributed by atoms with Crippen molar-refractivity contribution in [3.8, 4) is 0 Å². The van der Waals surface area contributed by atoms with E-state index in [2.05, 4.69) is 16.7 Å². The number of amides is 1. The van der Waals surface area contributed by atoms with Crippen molar-refractivity contribution in [1.29, 1.82) is 0 Å². The van der Waals surface area contributed by atoms with E-state index in [1.807, 2.05) is 18.2 Å². The molecule has 5 nitrogen and oxygen atoms in total. The highest BCUT2D eigenvalue weighted by molar-refractivity contribution is 7.91. The first-order valence-electron chi connectivity index (χ1n) is 7.34. The maximum absolute atomic E-state index is 12.3. The van der Waals surface area contributed by atoms with Crippen LogP contribution >= 0.6 is 0 Å². The van der Waals surface area contributed by atoms with Crippen molar-refractivity contribution in [1.82, 2.24) is 10.6 Å². The molecule has 2 unspecified atom stereocenters. The fourth-order valence-corrected chi connectivity index (χ4v) is 4.71. The predicted octanol–water partition coefficient (Wildman–Crippen LogP) is 0.394. The van der Waals surface area contributed by atoms with Crippen molar-refractivity contribution in [3.05, 3.63) is 35.4 Å². The Morgan fingerprint density at radius 1 is 1.24 bits per heavy atom. The molecule has 0 spiro atoms. The van der Waals surface area contributed by atoms with Crippen LogP contribution in [0.5, 0.6) is 0 Å². The summed E-state index contributed by atoms with van der Waals surface area (Å²) in [7, 11) is -2.99. The van der Waals surface area contributed by atoms with Gasteiger partial charge in [-0.15, -0.1) is 0 Å². The number of carbonyl (C=O) groups is 1. The number of sulfone groups is 1. The highest BCUT2D eigenvalue weighted by Crippen LogP contribution is 2.17. The minimum absolute atomic E-state index is 0.0715. The van der Waals surface area contributed by atoms with E-state index in [1.54, 1.807) is 0 Å². The number of hydrogen-bond acceptors (Lipinski definition) is 4. The second-order valence-corrected chi connectivity index (χ2v) is 8.10. The van der Waals surface area contributed by atoms with Crippen LogP contribution in [0, 0.1) is 0 Å². The third-order valence-corrected chi connectivity index (χ3v) is 6.03. The van der Waals surface area contributed by atoms with Crippen LogP contribution < -0.4 is 10.6 Å². The first-order chi connectivity index (χ1) is 10.0. The Balaban J connectivity index is 1.62. The lowest BCUT2D eigenvalue weighted by atomic mass is 9.95. The summed E-state index contributed by atoms with van der Waals surface area (Å²) in [6.45, 7) is 0.678. The van der Waals surface area contributed by atoms with Gasteiger partial charge in [-0.05, 0) is 30.4 Å². The molecule has 1 fully saturated rings. The van der Waals surface area contributed by atoms with Gasteiger partial charge in [-0.3, -0.25) is 4.79 Å². The van der Waals surface area contributed by atoms with Gasteiger partial charge in [0, 0.05) is 12.6 Å². The minimum atomic E-state index is -2.99. The van der Waals surface area contributed by atoms with E-state index < -0.39 is 9.84 Å². The zero-order valence-corrected chi connectivity index (χ0v) is 12.7. The summed E-state index contributed by atoms with van der Waals surface area (Å²) in [4.78, 5) is 12.3. The number of nitrogens with one attached hydrogen (secondary N) is 2. The highest BCUT2D eigenvalue weighted by atomic mass is 32.2. The minimum Gasteiger partial charge on any atom is -0.351 e. The topological polar surface area (TPSA) is 75.3 Å². The fraction of sp³-hybridized carbons (Fsp3) is 0.533. The van der Waals surface area contributed by atoms with E-state index in [4.69, 9.17) is 0 Å². The van der Waals surface area contributed by atoms with Crippen molar-refractivity contribution in [2.75, 3.05) is 11.5 Å². The largest absolute Gasteiger partial charge is 0.351 e. The maximum atomic E-state index is 12.3. The molecule has 2 heterocycles. The van der Waals surface area contributed by atoms with Crippen LogP contribution in [0.1, 0.15) is 24.0 Å². The predicted molar refractivity (Wildman–Crippen MR) is 80.6 cm³/mol. The van der Waals surface area contributed by atoms with Gasteiger partial charge >= 0.3 is 0 Å². The number of carbonyl (C=O) groups excluding carboxylic acids is 1. The first kappa shape index (κ1) is 14.5. The number of rotatable bonds is 2. The van der Waals surface area contributed by atoms with Crippen LogP contribution in [0.2, 0.25) is 0 Å². The molecule has 2 atom stereocenters. The molecular weight excluding hydrogens is 288 g/mol. The number of fused-ring (bicyclic) bond motifs is 1. The molecule has 0 aliphatic carbocycles. The van der Waals surface area contributed by atoms with Crippen molar-refractivity contribution in [2.24, 2.45) is 0 Å². The molecule has 21 heavy (non-hydrogen) atoms. The lowest BCUT2D eigenvalue weighted by Crippen LogP contribution is -2.52. The molecule has 0 radical (unpaired) electrons. The molecule has 2 N–H and O–H groups in total. The molecular formula is C15H20N2O3S. The van der Waals surface area contributed by atoms with Crippen LogP contribution in [-0.4, -0.2) is 37.9 Å². The molecule has 0 saturated carbocycles. The van der Waals surface area contributed by atoms with Crippen LogP contribution in [0.15, 0.2) is 24.3 Å². The Morgan fingerprint density at radius 3 is 2.76 bits per heavy atom. The van der Waals surface area contributed by atoms with Gasteiger partial charge in [-0.25, -0.2) is 8.42 Å². The van der Waals surface area contributed by atoms with E-state index in [-0.39, 0.29) is 29.5 Å². The Bertz CT molecular complexity index is 642. The zero-order valence-electron chi connectivity index (χ0n) is 11.8. The summed E-state index contributed by atoms with van der Waals surface area (Å²) in [5.74, 6) is 0.225. The monoisotopic (exact) mass is 308 g/mol. The molecule has 2 aliphatic heterocycles. The van der Waals surface area contributed by atoms with Crippen LogP contribution in [-0.2, 0) is 27.6 Å². The molecule has 0 aromatic heterocycles. The molecule has 1 aromatic carbocycles. The molecule has 3 rings (SSSR count). The van der Waals surface area contributed by atoms with Crippen molar-refractivity contribution >= 4 is 15.7 Å². The van der Waals surface area contributed by atoms with Crippen LogP contribution in [0.4, 0.5) is 0 Å². The van der Waals surface area contributed by atoms with Crippen molar-refractivity contribution in [2.45, 2.75) is 37.9 Å². The fourth-order valence-electron chi connectivity index (χ4n) is 3.08. The summed E-state index contributed by atoms with van der Waals surface area (Å²) < 4.78 is 23.2. The van der Waals surface area contributed by atoms with Gasteiger partial charge in [-0.1, -0.05) is 24.3 Å². The zero-order chi connectivity index (χ0) is 14.9. The molecule has 2 aliphatic rings. The summed E-state index contributed by atoms with van der Waals surface area (Å²) in [6, 6.07) is 7.56. The van der Waals surface area contributed by atoms with Gasteiger partial charge in [0.15, 0.2) is 9.84 Å². The van der Waals surface area contributed by atoms with Gasteiger partial charge in [0.25, 0.3) is 0 Å². The average Bonchev–Trinajstić information content (AvgIpc) is 2.45. The second-order valence-electron chi connectivity index (χ2n) is 5.87. The smallest absolute Gasteiger partial charge is 0.237 e. The van der Waals surface area contributed by atoms with E-state index in [0.717, 1.165) is 6.42 Å². The van der Waals surface area contributed by atoms with E-state index >= 15 is 0 Å². The van der Waals surface area contributed by atoms with E-state index in [9.17, 15) is 13.2 Å². The summed E-state index contributed by atoms with van der Waals surface area (Å²) >= 11 is 0. The Kier molecular flexibility index (Phi) is 3.99. The van der Waals surface area contributed by atoms with Gasteiger partial charge in [0.1, 0.15) is 0 Å². The van der Waals surface area contributed by atoms with Gasteiger partial charge in [0.2, 0.25) is 5.91 Å². The van der Waals surface area contributed by atoms with Gasteiger partial charge < -0.3 is 10.6 Å². The van der Waals surface area contributed by atoms with Gasteiger partial charge in [-0.2, -0.15) is 0 Å². The third kappa shape index (κ3) is 3.44. The maximum Gasteiger partial charge on any atom is 0.237 e. The number of hydrogen-bond donors (Lipinski definition) is 2. The number of benzene rings is 1. The molecule has 1 amide bonds. The van der Waals surface area contributed by atoms with Crippen LogP contribution in [0.3, 0.4) is 0 Å². The van der Waals surface area contributed by atoms with Crippen LogP contribution in [0.25, 0.3) is 0 Å². The SMILES string of the molecule is O=C(NC1CCCS(=O)(=O)C1)C1Cc2ccccc2CN1.